The molecule has 8 heteroatoms. The van der Waals surface area contributed by atoms with Crippen LogP contribution in [0.4, 0.5) is 5.69 Å². The molecule has 0 saturated heterocycles. The zero-order chi connectivity index (χ0) is 17.1. The number of nitrogens with one attached hydrogen (secondary N) is 1. The maximum absolute atomic E-state index is 12.4. The lowest BCUT2D eigenvalue weighted by molar-refractivity contribution is -0.384. The van der Waals surface area contributed by atoms with Gasteiger partial charge in [0.15, 0.2) is 0 Å². The highest BCUT2D eigenvalue weighted by Gasteiger charge is 2.28. The number of benzene rings is 1. The topological polar surface area (TPSA) is 111 Å². The first-order valence-corrected chi connectivity index (χ1v) is 8.67. The van der Waals surface area contributed by atoms with Crippen molar-refractivity contribution in [3.63, 3.8) is 0 Å². The number of nitro benzene ring substituents is 1. The maximum atomic E-state index is 12.4. The van der Waals surface area contributed by atoms with Crippen LogP contribution in [0.3, 0.4) is 0 Å². The van der Waals surface area contributed by atoms with E-state index >= 15 is 0 Å². The highest BCUT2D eigenvalue weighted by molar-refractivity contribution is 7.13. The summed E-state index contributed by atoms with van der Waals surface area (Å²) < 4.78 is 0. The summed E-state index contributed by atoms with van der Waals surface area (Å²) >= 11 is 1.34. The number of carbonyl (C=O) groups excluding carboxylic acids is 1. The van der Waals surface area contributed by atoms with E-state index in [0.29, 0.717) is 23.2 Å². The van der Waals surface area contributed by atoms with Crippen LogP contribution in [0.2, 0.25) is 0 Å². The molecule has 2 aromatic rings. The molecule has 2 atom stereocenters. The fourth-order valence-electron chi connectivity index (χ4n) is 2.99. The lowest BCUT2D eigenvalue weighted by Gasteiger charge is -2.18. The zero-order valence-corrected chi connectivity index (χ0v) is 13.8. The number of hydrogen-bond acceptors (Lipinski definition) is 6. The molecular weight excluding hydrogens is 328 g/mol. The third-order valence-corrected chi connectivity index (χ3v) is 5.23. The van der Waals surface area contributed by atoms with Crippen LogP contribution in [0, 0.1) is 16.0 Å². The summed E-state index contributed by atoms with van der Waals surface area (Å²) in [5.74, 6) is 0.145. The molecule has 1 saturated carbocycles. The molecule has 0 bridgehead atoms. The molecule has 126 valence electrons. The van der Waals surface area contributed by atoms with Gasteiger partial charge in [0.2, 0.25) is 0 Å². The molecule has 24 heavy (non-hydrogen) atoms. The van der Waals surface area contributed by atoms with Crippen LogP contribution in [0.15, 0.2) is 29.6 Å². The Kier molecular flexibility index (Phi) is 4.86. The Balaban J connectivity index is 1.70. The Morgan fingerprint density at radius 2 is 2.12 bits per heavy atom. The lowest BCUT2D eigenvalue weighted by atomic mass is 10.0. The Hall–Kier alpha value is -2.32. The highest BCUT2D eigenvalue weighted by Crippen LogP contribution is 2.27. The molecule has 1 aliphatic carbocycles. The van der Waals surface area contributed by atoms with Gasteiger partial charge in [0.1, 0.15) is 10.7 Å². The molecule has 2 unspecified atom stereocenters. The second-order valence-electron chi connectivity index (χ2n) is 5.85. The maximum Gasteiger partial charge on any atom is 0.271 e. The summed E-state index contributed by atoms with van der Waals surface area (Å²) in [6, 6.07) is 6.26. The fraction of sp³-hybridized carbons (Fsp3) is 0.375. The molecule has 3 N–H and O–H groups in total. The van der Waals surface area contributed by atoms with Gasteiger partial charge in [-0.3, -0.25) is 14.9 Å². The number of aromatic nitrogens is 1. The van der Waals surface area contributed by atoms with Gasteiger partial charge < -0.3 is 11.1 Å². The molecule has 0 radical (unpaired) electrons. The van der Waals surface area contributed by atoms with E-state index in [1.165, 1.54) is 23.5 Å². The number of rotatable bonds is 5. The number of hydrogen-bond donors (Lipinski definition) is 2. The summed E-state index contributed by atoms with van der Waals surface area (Å²) in [5, 5.41) is 16.1. The SMILES string of the molecule is NCC1CCCC1NC(=O)c1csc(-c2ccc([N+](=O)[O-])cc2)n1. The number of nitrogens with two attached hydrogens (primary N) is 1. The molecule has 1 amide bonds. The highest BCUT2D eigenvalue weighted by atomic mass is 32.1. The quantitative estimate of drug-likeness (QED) is 0.638. The van der Waals surface area contributed by atoms with Crippen molar-refractivity contribution in [1.82, 2.24) is 10.3 Å². The Bertz CT molecular complexity index is 744. The Morgan fingerprint density at radius 3 is 2.79 bits per heavy atom. The summed E-state index contributed by atoms with van der Waals surface area (Å²) in [6.45, 7) is 0.579. The third-order valence-electron chi connectivity index (χ3n) is 4.34. The van der Waals surface area contributed by atoms with Gasteiger partial charge in [0, 0.05) is 29.1 Å². The van der Waals surface area contributed by atoms with Gasteiger partial charge >= 0.3 is 0 Å². The molecule has 7 nitrogen and oxygen atoms in total. The normalized spacial score (nSPS) is 20.0. The lowest BCUT2D eigenvalue weighted by Crippen LogP contribution is -2.40. The van der Waals surface area contributed by atoms with Gasteiger partial charge in [-0.25, -0.2) is 4.98 Å². The first kappa shape index (κ1) is 16.5. The minimum atomic E-state index is -0.444. The van der Waals surface area contributed by atoms with Crippen LogP contribution in [0.1, 0.15) is 29.8 Å². The summed E-state index contributed by atoms with van der Waals surface area (Å²) in [4.78, 5) is 27.0. The van der Waals surface area contributed by atoms with Crippen LogP contribution < -0.4 is 11.1 Å². The van der Waals surface area contributed by atoms with E-state index in [2.05, 4.69) is 10.3 Å². The molecule has 1 heterocycles. The molecule has 1 fully saturated rings. The smallest absolute Gasteiger partial charge is 0.271 e. The number of nitro groups is 1. The molecule has 1 aromatic carbocycles. The predicted octanol–water partition coefficient (Wildman–Crippen LogP) is 2.58. The van der Waals surface area contributed by atoms with Gasteiger partial charge in [-0.05, 0) is 37.4 Å². The second-order valence-corrected chi connectivity index (χ2v) is 6.71. The number of amides is 1. The number of carbonyl (C=O) groups is 1. The van der Waals surface area contributed by atoms with Crippen LogP contribution >= 0.6 is 11.3 Å². The summed E-state index contributed by atoms with van der Waals surface area (Å²) in [5.41, 5.74) is 6.90. The van der Waals surface area contributed by atoms with Crippen molar-refractivity contribution in [3.8, 4) is 10.6 Å². The first-order chi connectivity index (χ1) is 11.6. The zero-order valence-electron chi connectivity index (χ0n) is 13.0. The van der Waals surface area contributed by atoms with Crippen LogP contribution in [0.5, 0.6) is 0 Å². The molecular formula is C16H18N4O3S. The second kappa shape index (κ2) is 7.06. The largest absolute Gasteiger partial charge is 0.348 e. The van der Waals surface area contributed by atoms with Crippen molar-refractivity contribution in [2.24, 2.45) is 11.7 Å². The minimum Gasteiger partial charge on any atom is -0.348 e. The molecule has 3 rings (SSSR count). The van der Waals surface area contributed by atoms with Crippen molar-refractivity contribution in [3.05, 3.63) is 45.5 Å². The van der Waals surface area contributed by atoms with Gasteiger partial charge in [0.05, 0.1) is 4.92 Å². The van der Waals surface area contributed by atoms with Crippen molar-refractivity contribution in [2.45, 2.75) is 25.3 Å². The molecule has 0 aliphatic heterocycles. The molecule has 1 aliphatic rings. The van der Waals surface area contributed by atoms with E-state index in [4.69, 9.17) is 5.73 Å². The third kappa shape index (κ3) is 3.44. The van der Waals surface area contributed by atoms with E-state index in [1.807, 2.05) is 0 Å². The average Bonchev–Trinajstić information content (AvgIpc) is 3.24. The van der Waals surface area contributed by atoms with E-state index in [0.717, 1.165) is 24.8 Å². The Morgan fingerprint density at radius 1 is 1.38 bits per heavy atom. The van der Waals surface area contributed by atoms with Crippen molar-refractivity contribution in [1.29, 1.82) is 0 Å². The van der Waals surface area contributed by atoms with E-state index < -0.39 is 4.92 Å². The van der Waals surface area contributed by atoms with Gasteiger partial charge in [0.25, 0.3) is 11.6 Å². The van der Waals surface area contributed by atoms with Crippen LogP contribution in [-0.4, -0.2) is 28.4 Å². The predicted molar refractivity (Wildman–Crippen MR) is 91.9 cm³/mol. The number of thiazole rings is 1. The van der Waals surface area contributed by atoms with E-state index in [9.17, 15) is 14.9 Å². The standard InChI is InChI=1S/C16H18N4O3S/c17-8-11-2-1-3-13(11)18-15(21)14-9-24-16(19-14)10-4-6-12(7-5-10)20(22)23/h4-7,9,11,13H,1-3,8,17H2,(H,18,21). The van der Waals surface area contributed by atoms with Crippen molar-refractivity contribution in [2.75, 3.05) is 6.54 Å². The monoisotopic (exact) mass is 346 g/mol. The van der Waals surface area contributed by atoms with Crippen LogP contribution in [0.25, 0.3) is 10.6 Å². The number of non-ortho nitro benzene ring substituents is 1. The summed E-state index contributed by atoms with van der Waals surface area (Å²) in [6.07, 6.45) is 3.08. The Labute approximate surface area is 143 Å². The van der Waals surface area contributed by atoms with E-state index in [-0.39, 0.29) is 17.6 Å². The van der Waals surface area contributed by atoms with Crippen molar-refractivity contribution < 1.29 is 9.72 Å². The fourth-order valence-corrected chi connectivity index (χ4v) is 3.79. The van der Waals surface area contributed by atoms with Crippen molar-refractivity contribution >= 4 is 22.9 Å². The molecule has 1 aromatic heterocycles. The van der Waals surface area contributed by atoms with Gasteiger partial charge in [-0.1, -0.05) is 6.42 Å². The first-order valence-electron chi connectivity index (χ1n) is 7.79. The number of nitrogens with zero attached hydrogens (tertiary/aromatic N) is 2. The average molecular weight is 346 g/mol. The minimum absolute atomic E-state index is 0.0299. The van der Waals surface area contributed by atoms with Crippen LogP contribution in [-0.2, 0) is 0 Å². The van der Waals surface area contributed by atoms with Gasteiger partial charge in [-0.15, -0.1) is 11.3 Å². The van der Waals surface area contributed by atoms with E-state index in [1.54, 1.807) is 17.5 Å². The molecule has 0 spiro atoms. The summed E-state index contributed by atoms with van der Waals surface area (Å²) in [7, 11) is 0. The van der Waals surface area contributed by atoms with Gasteiger partial charge in [-0.2, -0.15) is 0 Å².